The van der Waals surface area contributed by atoms with Crippen molar-refractivity contribution >= 4 is 34.8 Å². The normalized spacial score (nSPS) is 12.2. The highest BCUT2D eigenvalue weighted by atomic mass is 35.5. The Morgan fingerprint density at radius 2 is 1.94 bits per heavy atom. The zero-order valence-electron chi connectivity index (χ0n) is 17.0. The number of aromatic nitrogens is 3. The van der Waals surface area contributed by atoms with Crippen LogP contribution >= 0.6 is 11.6 Å². The van der Waals surface area contributed by atoms with E-state index >= 15 is 0 Å². The topological polar surface area (TPSA) is 145 Å². The Hall–Kier alpha value is -3.87. The lowest BCUT2D eigenvalue weighted by atomic mass is 10.1. The van der Waals surface area contributed by atoms with Gasteiger partial charge in [0.2, 0.25) is 11.6 Å². The first-order chi connectivity index (χ1) is 15.5. The van der Waals surface area contributed by atoms with Gasteiger partial charge in [-0.1, -0.05) is 16.8 Å². The number of rotatable bonds is 6. The zero-order chi connectivity index (χ0) is 24.3. The maximum Gasteiger partial charge on any atom is 0.418 e. The van der Waals surface area contributed by atoms with Crippen LogP contribution in [0.5, 0.6) is 5.88 Å². The molecule has 2 heterocycles. The molecule has 3 aromatic rings. The van der Waals surface area contributed by atoms with Crippen LogP contribution in [0, 0.1) is 0 Å². The van der Waals surface area contributed by atoms with Gasteiger partial charge in [0.1, 0.15) is 17.0 Å². The molecule has 0 unspecified atom stereocenters. The minimum Gasteiger partial charge on any atom is -0.480 e. The second kappa shape index (κ2) is 9.32. The second-order valence-electron chi connectivity index (χ2n) is 6.61. The Balaban J connectivity index is 1.70. The van der Waals surface area contributed by atoms with Crippen molar-refractivity contribution in [1.29, 1.82) is 0 Å². The highest BCUT2D eigenvalue weighted by Gasteiger charge is 2.33. The highest BCUT2D eigenvalue weighted by molar-refractivity contribution is 6.34. The van der Waals surface area contributed by atoms with E-state index in [0.29, 0.717) is 6.07 Å². The summed E-state index contributed by atoms with van der Waals surface area (Å²) in [5.74, 6) is -1.79. The molecule has 1 atom stereocenters. The number of methoxy groups -OCH3 is 1. The molecular weight excluding hydrogens is 469 g/mol. The Morgan fingerprint density at radius 3 is 2.61 bits per heavy atom. The fourth-order valence-electron chi connectivity index (χ4n) is 2.67. The van der Waals surface area contributed by atoms with Crippen LogP contribution in [0.1, 0.15) is 45.3 Å². The third-order valence-electron chi connectivity index (χ3n) is 4.33. The number of nitrogens with zero attached hydrogens (tertiary/aromatic N) is 3. The van der Waals surface area contributed by atoms with Crippen LogP contribution in [-0.4, -0.2) is 34.0 Å². The average Bonchev–Trinajstić information content (AvgIpc) is 3.25. The Morgan fingerprint density at radius 1 is 1.21 bits per heavy atom. The van der Waals surface area contributed by atoms with Crippen molar-refractivity contribution in [3.8, 4) is 5.88 Å². The predicted octanol–water partition coefficient (Wildman–Crippen LogP) is 3.47. The molecule has 10 nitrogen and oxygen atoms in total. The molecule has 0 saturated carbocycles. The summed E-state index contributed by atoms with van der Waals surface area (Å²) in [5, 5.41) is 8.47. The SMILES string of the molecule is COc1ncnc(C(=O)N[C@H](C)c2cc(C(=O)Nc3ccc(N)c(C(F)(F)F)c3)on2)c1Cl. The fourth-order valence-corrected chi connectivity index (χ4v) is 2.93. The number of anilines is 2. The number of nitrogen functional groups attached to an aromatic ring is 1. The van der Waals surface area contributed by atoms with E-state index in [-0.39, 0.29) is 33.7 Å². The average molecular weight is 485 g/mol. The van der Waals surface area contributed by atoms with E-state index in [1.807, 2.05) is 0 Å². The summed E-state index contributed by atoms with van der Waals surface area (Å²) in [6.45, 7) is 1.55. The third-order valence-corrected chi connectivity index (χ3v) is 4.67. The summed E-state index contributed by atoms with van der Waals surface area (Å²) in [5.41, 5.74) is 3.66. The first-order valence-electron chi connectivity index (χ1n) is 9.11. The lowest BCUT2D eigenvalue weighted by Crippen LogP contribution is -2.28. The first-order valence-corrected chi connectivity index (χ1v) is 9.49. The van der Waals surface area contributed by atoms with Gasteiger partial charge in [-0.2, -0.15) is 13.2 Å². The standard InChI is InChI=1S/C19H16ClF3N6O4/c1-8(27-17(31)15-14(20)18(32-2)26-7-25-15)12-6-13(33-29-12)16(30)28-9-3-4-11(24)10(5-9)19(21,22)23/h3-8H,24H2,1-2H3,(H,27,31)(H,28,30)/t8-/m1/s1. The summed E-state index contributed by atoms with van der Waals surface area (Å²) in [6.07, 6.45) is -3.58. The number of hydrogen-bond acceptors (Lipinski definition) is 8. The van der Waals surface area contributed by atoms with Gasteiger partial charge in [-0.15, -0.1) is 0 Å². The van der Waals surface area contributed by atoms with Crippen LogP contribution < -0.4 is 21.1 Å². The third kappa shape index (κ3) is 5.31. The zero-order valence-corrected chi connectivity index (χ0v) is 17.8. The molecule has 0 aliphatic carbocycles. The van der Waals surface area contributed by atoms with Crippen molar-refractivity contribution < 1.29 is 32.0 Å². The minimum absolute atomic E-state index is 0.0150. The molecule has 2 aromatic heterocycles. The van der Waals surface area contributed by atoms with Crippen molar-refractivity contribution in [2.45, 2.75) is 19.1 Å². The molecule has 2 amide bonds. The minimum atomic E-state index is -4.69. The number of carbonyl (C=O) groups excluding carboxylic acids is 2. The van der Waals surface area contributed by atoms with Gasteiger partial charge in [0.25, 0.3) is 11.8 Å². The number of nitrogens with one attached hydrogen (secondary N) is 2. The van der Waals surface area contributed by atoms with E-state index in [9.17, 15) is 22.8 Å². The number of nitrogens with two attached hydrogens (primary N) is 1. The van der Waals surface area contributed by atoms with Gasteiger partial charge >= 0.3 is 6.18 Å². The van der Waals surface area contributed by atoms with E-state index in [1.165, 1.54) is 19.2 Å². The summed E-state index contributed by atoms with van der Waals surface area (Å²) < 4.78 is 48.9. The van der Waals surface area contributed by atoms with E-state index in [0.717, 1.165) is 12.4 Å². The molecule has 33 heavy (non-hydrogen) atoms. The predicted molar refractivity (Wildman–Crippen MR) is 110 cm³/mol. The van der Waals surface area contributed by atoms with Crippen LogP contribution in [0.15, 0.2) is 35.1 Å². The molecule has 0 bridgehead atoms. The van der Waals surface area contributed by atoms with E-state index in [4.69, 9.17) is 26.6 Å². The van der Waals surface area contributed by atoms with Crippen molar-refractivity contribution in [2.24, 2.45) is 0 Å². The summed E-state index contributed by atoms with van der Waals surface area (Å²) in [4.78, 5) is 32.4. The van der Waals surface area contributed by atoms with E-state index in [2.05, 4.69) is 25.8 Å². The molecule has 0 fully saturated rings. The van der Waals surface area contributed by atoms with Crippen molar-refractivity contribution in [1.82, 2.24) is 20.4 Å². The van der Waals surface area contributed by atoms with E-state index < -0.39 is 35.3 Å². The fraction of sp³-hybridized carbons (Fsp3) is 0.211. The van der Waals surface area contributed by atoms with Gasteiger partial charge in [0.05, 0.1) is 18.7 Å². The number of carbonyl (C=O) groups is 2. The molecule has 0 radical (unpaired) electrons. The maximum absolute atomic E-state index is 13.0. The molecule has 0 aliphatic rings. The van der Waals surface area contributed by atoms with Crippen LogP contribution in [0.25, 0.3) is 0 Å². The molecule has 0 saturated heterocycles. The Labute approximate surface area is 189 Å². The van der Waals surface area contributed by atoms with Crippen molar-refractivity contribution in [2.75, 3.05) is 18.2 Å². The van der Waals surface area contributed by atoms with E-state index in [1.54, 1.807) is 6.92 Å². The number of alkyl halides is 3. The lowest BCUT2D eigenvalue weighted by molar-refractivity contribution is -0.136. The number of hydrogen-bond donors (Lipinski definition) is 3. The number of halogens is 4. The van der Waals surface area contributed by atoms with Crippen LogP contribution in [-0.2, 0) is 6.18 Å². The summed E-state index contributed by atoms with van der Waals surface area (Å²) in [7, 11) is 1.33. The number of amides is 2. The number of ether oxygens (including phenoxy) is 1. The van der Waals surface area contributed by atoms with Gasteiger partial charge in [-0.25, -0.2) is 9.97 Å². The molecule has 174 valence electrons. The molecule has 3 rings (SSSR count). The molecule has 14 heteroatoms. The monoisotopic (exact) mass is 484 g/mol. The molecule has 1 aromatic carbocycles. The van der Waals surface area contributed by atoms with Gasteiger partial charge < -0.3 is 25.6 Å². The summed E-state index contributed by atoms with van der Waals surface area (Å²) >= 11 is 6.03. The Bertz CT molecular complexity index is 1200. The van der Waals surface area contributed by atoms with Gasteiger partial charge in [0.15, 0.2) is 5.69 Å². The van der Waals surface area contributed by atoms with Crippen LogP contribution in [0.2, 0.25) is 5.02 Å². The number of benzene rings is 1. The van der Waals surface area contributed by atoms with Gasteiger partial charge in [-0.05, 0) is 25.1 Å². The largest absolute Gasteiger partial charge is 0.480 e. The van der Waals surface area contributed by atoms with Gasteiger partial charge in [0, 0.05) is 17.4 Å². The molecule has 0 spiro atoms. The summed E-state index contributed by atoms with van der Waals surface area (Å²) in [6, 6.07) is 3.42. The molecule has 0 aliphatic heterocycles. The molecular formula is C19H16ClF3N6O4. The van der Waals surface area contributed by atoms with Crippen molar-refractivity contribution in [3.05, 3.63) is 58.3 Å². The Kier molecular flexibility index (Phi) is 6.72. The second-order valence-corrected chi connectivity index (χ2v) is 6.99. The van der Waals surface area contributed by atoms with Crippen LogP contribution in [0.3, 0.4) is 0 Å². The van der Waals surface area contributed by atoms with Gasteiger partial charge in [-0.3, -0.25) is 9.59 Å². The smallest absolute Gasteiger partial charge is 0.418 e. The lowest BCUT2D eigenvalue weighted by Gasteiger charge is -2.12. The maximum atomic E-state index is 13.0. The quantitative estimate of drug-likeness (QED) is 0.451. The van der Waals surface area contributed by atoms with Crippen molar-refractivity contribution in [3.63, 3.8) is 0 Å². The van der Waals surface area contributed by atoms with Crippen LogP contribution in [0.4, 0.5) is 24.5 Å². The first kappa shape index (κ1) is 23.8. The highest BCUT2D eigenvalue weighted by Crippen LogP contribution is 2.35. The molecule has 4 N–H and O–H groups in total.